The van der Waals surface area contributed by atoms with Gasteiger partial charge in [-0.25, -0.2) is 4.39 Å². The molecule has 0 amide bonds. The predicted octanol–water partition coefficient (Wildman–Crippen LogP) is 3.41. The van der Waals surface area contributed by atoms with Crippen molar-refractivity contribution >= 4 is 23.3 Å². The van der Waals surface area contributed by atoms with Gasteiger partial charge >= 0.3 is 0 Å². The summed E-state index contributed by atoms with van der Waals surface area (Å²) < 4.78 is 21.4. The number of ether oxygens (including phenoxy) is 1. The first kappa shape index (κ1) is 11.9. The summed E-state index contributed by atoms with van der Waals surface area (Å²) in [6.45, 7) is 1.68. The number of aromatic nitrogens is 2. The van der Waals surface area contributed by atoms with Gasteiger partial charge in [-0.05, 0) is 49.7 Å². The van der Waals surface area contributed by atoms with Gasteiger partial charge in [-0.15, -0.1) is 0 Å². The van der Waals surface area contributed by atoms with Crippen molar-refractivity contribution in [2.45, 2.75) is 31.9 Å². The monoisotopic (exact) mass is 266 g/mol. The Kier molecular flexibility index (Phi) is 3.18. The van der Waals surface area contributed by atoms with Crippen LogP contribution in [-0.2, 0) is 11.3 Å². The zero-order valence-corrected chi connectivity index (χ0v) is 10.8. The molecule has 96 valence electrons. The van der Waals surface area contributed by atoms with E-state index in [1.54, 1.807) is 6.07 Å². The Morgan fingerprint density at radius 1 is 1.50 bits per heavy atom. The molecule has 0 saturated carbocycles. The van der Waals surface area contributed by atoms with Crippen molar-refractivity contribution in [1.82, 2.24) is 9.55 Å². The Labute approximate surface area is 110 Å². The third kappa shape index (κ3) is 2.20. The number of halogens is 1. The summed E-state index contributed by atoms with van der Waals surface area (Å²) in [5.74, 6) is -0.245. The van der Waals surface area contributed by atoms with E-state index in [4.69, 9.17) is 17.0 Å². The van der Waals surface area contributed by atoms with Gasteiger partial charge in [-0.1, -0.05) is 0 Å². The number of hydrogen-bond donors (Lipinski definition) is 1. The first-order chi connectivity index (χ1) is 8.74. The van der Waals surface area contributed by atoms with Crippen molar-refractivity contribution in [2.75, 3.05) is 6.61 Å². The molecule has 18 heavy (non-hydrogen) atoms. The maximum Gasteiger partial charge on any atom is 0.178 e. The van der Waals surface area contributed by atoms with Gasteiger partial charge in [0.15, 0.2) is 4.77 Å². The molecule has 1 fully saturated rings. The van der Waals surface area contributed by atoms with Gasteiger partial charge in [-0.3, -0.25) is 0 Å². The van der Waals surface area contributed by atoms with Crippen LogP contribution in [0.5, 0.6) is 0 Å². The second kappa shape index (κ2) is 4.82. The number of imidazole rings is 1. The highest BCUT2D eigenvalue weighted by Gasteiger charge is 2.16. The normalized spacial score (nSPS) is 19.7. The second-order valence-corrected chi connectivity index (χ2v) is 5.05. The molecule has 1 aliphatic heterocycles. The fourth-order valence-electron chi connectivity index (χ4n) is 2.50. The lowest BCUT2D eigenvalue weighted by Gasteiger charge is -2.10. The lowest BCUT2D eigenvalue weighted by Crippen LogP contribution is -2.10. The van der Waals surface area contributed by atoms with Gasteiger partial charge in [0, 0.05) is 13.2 Å². The SMILES string of the molecule is Fc1ccc2c(c1)[nH]c(=S)n2CCC1CCCO1. The van der Waals surface area contributed by atoms with E-state index in [2.05, 4.69) is 4.98 Å². The van der Waals surface area contributed by atoms with Crippen LogP contribution < -0.4 is 0 Å². The van der Waals surface area contributed by atoms with Crippen molar-refractivity contribution in [3.8, 4) is 0 Å². The van der Waals surface area contributed by atoms with Crippen LogP contribution in [0.25, 0.3) is 11.0 Å². The van der Waals surface area contributed by atoms with Crippen LogP contribution in [0.3, 0.4) is 0 Å². The van der Waals surface area contributed by atoms with Crippen molar-refractivity contribution in [1.29, 1.82) is 0 Å². The minimum absolute atomic E-state index is 0.245. The summed E-state index contributed by atoms with van der Waals surface area (Å²) >= 11 is 5.28. The number of H-pyrrole nitrogens is 1. The minimum Gasteiger partial charge on any atom is -0.378 e. The lowest BCUT2D eigenvalue weighted by molar-refractivity contribution is 0.101. The highest BCUT2D eigenvalue weighted by Crippen LogP contribution is 2.19. The van der Waals surface area contributed by atoms with Gasteiger partial charge in [0.1, 0.15) is 5.82 Å². The minimum atomic E-state index is -0.245. The van der Waals surface area contributed by atoms with Crippen molar-refractivity contribution < 1.29 is 9.13 Å². The molecular formula is C13H15FN2OS. The molecule has 0 radical (unpaired) electrons. The van der Waals surface area contributed by atoms with Crippen LogP contribution in [0.2, 0.25) is 0 Å². The van der Waals surface area contributed by atoms with Crippen molar-refractivity contribution in [3.63, 3.8) is 0 Å². The van der Waals surface area contributed by atoms with Crippen molar-refractivity contribution in [2.24, 2.45) is 0 Å². The third-order valence-corrected chi connectivity index (χ3v) is 3.76. The average Bonchev–Trinajstić information content (AvgIpc) is 2.93. The summed E-state index contributed by atoms with van der Waals surface area (Å²) in [6.07, 6.45) is 3.58. The molecule has 1 aliphatic rings. The Morgan fingerprint density at radius 2 is 2.39 bits per heavy atom. The fraction of sp³-hybridized carbons (Fsp3) is 0.462. The highest BCUT2D eigenvalue weighted by molar-refractivity contribution is 7.71. The van der Waals surface area contributed by atoms with E-state index in [9.17, 15) is 4.39 Å². The molecule has 1 aromatic carbocycles. The van der Waals surface area contributed by atoms with Crippen LogP contribution in [-0.4, -0.2) is 22.3 Å². The summed E-state index contributed by atoms with van der Waals surface area (Å²) in [4.78, 5) is 3.04. The van der Waals surface area contributed by atoms with E-state index in [1.807, 2.05) is 4.57 Å². The van der Waals surface area contributed by atoms with Crippen LogP contribution >= 0.6 is 12.2 Å². The maximum absolute atomic E-state index is 13.1. The molecule has 0 bridgehead atoms. The lowest BCUT2D eigenvalue weighted by atomic mass is 10.2. The zero-order chi connectivity index (χ0) is 12.5. The summed E-state index contributed by atoms with van der Waals surface area (Å²) in [5, 5.41) is 0. The molecule has 5 heteroatoms. The second-order valence-electron chi connectivity index (χ2n) is 4.67. The number of rotatable bonds is 3. The van der Waals surface area contributed by atoms with E-state index in [0.717, 1.165) is 43.4 Å². The van der Waals surface area contributed by atoms with Crippen LogP contribution in [0.4, 0.5) is 4.39 Å². The maximum atomic E-state index is 13.1. The van der Waals surface area contributed by atoms with Gasteiger partial charge in [0.25, 0.3) is 0 Å². The highest BCUT2D eigenvalue weighted by atomic mass is 32.1. The largest absolute Gasteiger partial charge is 0.378 e. The number of aryl methyl sites for hydroxylation is 1. The first-order valence-corrected chi connectivity index (χ1v) is 6.64. The quantitative estimate of drug-likeness (QED) is 0.863. The Morgan fingerprint density at radius 3 is 3.17 bits per heavy atom. The third-order valence-electron chi connectivity index (χ3n) is 3.43. The van der Waals surface area contributed by atoms with Crippen molar-refractivity contribution in [3.05, 3.63) is 28.8 Å². The molecule has 2 aromatic rings. The zero-order valence-electron chi connectivity index (χ0n) is 9.99. The number of fused-ring (bicyclic) bond motifs is 1. The number of benzene rings is 1. The first-order valence-electron chi connectivity index (χ1n) is 6.24. The topological polar surface area (TPSA) is 29.9 Å². The van der Waals surface area contributed by atoms with Gasteiger partial charge in [0.05, 0.1) is 17.1 Å². The predicted molar refractivity (Wildman–Crippen MR) is 70.7 cm³/mol. The van der Waals surface area contributed by atoms with Gasteiger partial charge in [0.2, 0.25) is 0 Å². The molecule has 3 nitrogen and oxygen atoms in total. The smallest absolute Gasteiger partial charge is 0.178 e. The van der Waals surface area contributed by atoms with E-state index < -0.39 is 0 Å². The van der Waals surface area contributed by atoms with Crippen LogP contribution in [0, 0.1) is 10.6 Å². The molecule has 0 aliphatic carbocycles. The summed E-state index contributed by atoms with van der Waals surface area (Å²) in [7, 11) is 0. The van der Waals surface area contributed by atoms with E-state index in [0.29, 0.717) is 10.9 Å². The van der Waals surface area contributed by atoms with Crippen LogP contribution in [0.15, 0.2) is 18.2 Å². The molecule has 0 spiro atoms. The van der Waals surface area contributed by atoms with E-state index in [-0.39, 0.29) is 5.82 Å². The molecule has 1 atom stereocenters. The number of nitrogens with one attached hydrogen (secondary N) is 1. The standard InChI is InChI=1S/C13H15FN2OS/c14-9-3-4-12-11(8-9)15-13(18)16(12)6-5-10-2-1-7-17-10/h3-4,8,10H,1-2,5-7H2,(H,15,18). The molecule has 3 rings (SSSR count). The number of aromatic amines is 1. The summed E-state index contributed by atoms with van der Waals surface area (Å²) in [5.41, 5.74) is 1.71. The molecule has 2 heterocycles. The average molecular weight is 266 g/mol. The Hall–Kier alpha value is -1.20. The molecule has 1 N–H and O–H groups in total. The Bertz CT molecular complexity index is 613. The summed E-state index contributed by atoms with van der Waals surface area (Å²) in [6, 6.07) is 4.72. The fourth-order valence-corrected chi connectivity index (χ4v) is 2.80. The molecule has 1 aromatic heterocycles. The molecular weight excluding hydrogens is 251 g/mol. The molecule has 1 unspecified atom stereocenters. The number of hydrogen-bond acceptors (Lipinski definition) is 2. The van der Waals surface area contributed by atoms with Gasteiger partial charge < -0.3 is 14.3 Å². The van der Waals surface area contributed by atoms with E-state index >= 15 is 0 Å². The Balaban J connectivity index is 1.86. The van der Waals surface area contributed by atoms with E-state index in [1.165, 1.54) is 12.1 Å². The van der Waals surface area contributed by atoms with Gasteiger partial charge in [-0.2, -0.15) is 0 Å². The molecule has 1 saturated heterocycles. The van der Waals surface area contributed by atoms with Crippen LogP contribution in [0.1, 0.15) is 19.3 Å². The number of nitrogens with zero attached hydrogens (tertiary/aromatic N) is 1.